The largest absolute Gasteiger partial charge is 0.378 e. The summed E-state index contributed by atoms with van der Waals surface area (Å²) in [5.41, 5.74) is 2.81. The van der Waals surface area contributed by atoms with Crippen LogP contribution in [0.25, 0.3) is 0 Å². The van der Waals surface area contributed by atoms with Gasteiger partial charge in [-0.15, -0.1) is 0 Å². The summed E-state index contributed by atoms with van der Waals surface area (Å²) in [6.07, 6.45) is 8.06. The van der Waals surface area contributed by atoms with Crippen molar-refractivity contribution < 1.29 is 9.53 Å². The third-order valence-electron chi connectivity index (χ3n) is 4.91. The molecule has 0 aromatic heterocycles. The molecule has 0 unspecified atom stereocenters. The van der Waals surface area contributed by atoms with E-state index in [0.717, 1.165) is 44.8 Å². The second-order valence-corrected chi connectivity index (χ2v) is 5.96. The number of benzene rings is 1. The number of carbonyl (C=O) groups excluding carboxylic acids is 1. The predicted molar refractivity (Wildman–Crippen MR) is 82.1 cm³/mol. The number of ether oxygens (including phenoxy) is 1. The van der Waals surface area contributed by atoms with Crippen LogP contribution in [0.5, 0.6) is 0 Å². The molecule has 2 nitrogen and oxygen atoms in total. The van der Waals surface area contributed by atoms with Crippen molar-refractivity contribution >= 4 is 6.29 Å². The van der Waals surface area contributed by atoms with Crippen LogP contribution in [0.2, 0.25) is 0 Å². The molecule has 0 N–H and O–H groups in total. The van der Waals surface area contributed by atoms with Gasteiger partial charge in [0, 0.05) is 13.5 Å². The van der Waals surface area contributed by atoms with Gasteiger partial charge in [-0.05, 0) is 55.6 Å². The summed E-state index contributed by atoms with van der Waals surface area (Å²) in [4.78, 5) is 10.6. The van der Waals surface area contributed by atoms with Gasteiger partial charge in [0.25, 0.3) is 0 Å². The van der Waals surface area contributed by atoms with Gasteiger partial charge in [0.15, 0.2) is 0 Å². The van der Waals surface area contributed by atoms with Gasteiger partial charge in [0.2, 0.25) is 0 Å². The van der Waals surface area contributed by atoms with Crippen molar-refractivity contribution in [3.05, 3.63) is 35.4 Å². The van der Waals surface area contributed by atoms with Gasteiger partial charge in [-0.1, -0.05) is 31.2 Å². The lowest BCUT2D eigenvalue weighted by molar-refractivity contribution is -0.110. The van der Waals surface area contributed by atoms with E-state index in [0.29, 0.717) is 12.3 Å². The Labute approximate surface area is 122 Å². The van der Waals surface area contributed by atoms with E-state index in [4.69, 9.17) is 4.74 Å². The van der Waals surface area contributed by atoms with E-state index in [1.807, 2.05) is 0 Å². The minimum absolute atomic E-state index is 0.0548. The minimum Gasteiger partial charge on any atom is -0.378 e. The molecule has 0 aliphatic heterocycles. The lowest BCUT2D eigenvalue weighted by atomic mass is 9.74. The van der Waals surface area contributed by atoms with Crippen molar-refractivity contribution in [1.29, 1.82) is 0 Å². The fraction of sp³-hybridized carbons (Fsp3) is 0.611. The molecule has 1 fully saturated rings. The zero-order chi connectivity index (χ0) is 14.4. The first kappa shape index (κ1) is 15.2. The highest BCUT2D eigenvalue weighted by Gasteiger charge is 2.35. The Bertz CT molecular complexity index is 414. The van der Waals surface area contributed by atoms with Crippen molar-refractivity contribution in [2.45, 2.75) is 63.4 Å². The van der Waals surface area contributed by atoms with E-state index in [1.165, 1.54) is 11.1 Å². The van der Waals surface area contributed by atoms with E-state index in [1.54, 1.807) is 7.11 Å². The predicted octanol–water partition coefficient (Wildman–Crippen LogP) is 4.27. The van der Waals surface area contributed by atoms with E-state index < -0.39 is 0 Å². The molecule has 0 radical (unpaired) electrons. The molecular weight excluding hydrogens is 248 g/mol. The van der Waals surface area contributed by atoms with E-state index >= 15 is 0 Å². The number of hydrogen-bond acceptors (Lipinski definition) is 2. The summed E-state index contributed by atoms with van der Waals surface area (Å²) in [6, 6.07) is 9.07. The summed E-state index contributed by atoms with van der Waals surface area (Å²) < 4.78 is 5.74. The summed E-state index contributed by atoms with van der Waals surface area (Å²) in [7, 11) is 1.79. The molecule has 2 heteroatoms. The maximum atomic E-state index is 10.6. The highest BCUT2D eigenvalue weighted by Crippen LogP contribution is 2.41. The van der Waals surface area contributed by atoms with Crippen LogP contribution < -0.4 is 0 Å². The van der Waals surface area contributed by atoms with Crippen molar-refractivity contribution in [3.63, 3.8) is 0 Å². The van der Waals surface area contributed by atoms with Crippen LogP contribution >= 0.6 is 0 Å². The maximum Gasteiger partial charge on any atom is 0.120 e. The molecule has 20 heavy (non-hydrogen) atoms. The van der Waals surface area contributed by atoms with Crippen LogP contribution in [-0.2, 0) is 16.0 Å². The van der Waals surface area contributed by atoms with Crippen molar-refractivity contribution in [1.82, 2.24) is 0 Å². The number of carbonyl (C=O) groups is 1. The fourth-order valence-electron chi connectivity index (χ4n) is 3.38. The number of methoxy groups -OCH3 is 1. The molecule has 1 aromatic carbocycles. The first-order valence-electron chi connectivity index (χ1n) is 7.80. The Morgan fingerprint density at radius 2 is 1.90 bits per heavy atom. The first-order chi connectivity index (χ1) is 9.73. The second kappa shape index (κ2) is 7.03. The van der Waals surface area contributed by atoms with Crippen LogP contribution in [0.4, 0.5) is 0 Å². The zero-order valence-electron chi connectivity index (χ0n) is 12.7. The number of rotatable bonds is 6. The van der Waals surface area contributed by atoms with Gasteiger partial charge in [0.05, 0.1) is 5.60 Å². The molecule has 0 heterocycles. The van der Waals surface area contributed by atoms with Gasteiger partial charge in [-0.2, -0.15) is 0 Å². The smallest absolute Gasteiger partial charge is 0.120 e. The quantitative estimate of drug-likeness (QED) is 0.724. The summed E-state index contributed by atoms with van der Waals surface area (Å²) >= 11 is 0. The Morgan fingerprint density at radius 1 is 1.25 bits per heavy atom. The normalized spacial score (nSPS) is 26.4. The minimum atomic E-state index is -0.0548. The third-order valence-corrected chi connectivity index (χ3v) is 4.91. The topological polar surface area (TPSA) is 26.3 Å². The number of hydrogen-bond donors (Lipinski definition) is 0. The summed E-state index contributed by atoms with van der Waals surface area (Å²) in [5, 5.41) is 0. The molecule has 0 bridgehead atoms. The molecule has 1 saturated carbocycles. The van der Waals surface area contributed by atoms with E-state index in [2.05, 4.69) is 31.2 Å². The van der Waals surface area contributed by atoms with Crippen molar-refractivity contribution in [2.75, 3.05) is 7.11 Å². The lowest BCUT2D eigenvalue weighted by Crippen LogP contribution is -2.35. The molecule has 110 valence electrons. The molecular formula is C18H26O2. The average molecular weight is 274 g/mol. The standard InChI is InChI=1S/C18H26O2/c1-3-15-5-7-16(8-6-15)17-9-12-18(20-2,13-10-17)11-4-14-19/h5-8,14,17H,3-4,9-13H2,1-2H3/t17-,18+. The Balaban J connectivity index is 1.96. The summed E-state index contributed by atoms with van der Waals surface area (Å²) in [6.45, 7) is 2.19. The van der Waals surface area contributed by atoms with Gasteiger partial charge in [-0.3, -0.25) is 0 Å². The highest BCUT2D eigenvalue weighted by molar-refractivity contribution is 5.49. The Morgan fingerprint density at radius 3 is 2.40 bits per heavy atom. The second-order valence-electron chi connectivity index (χ2n) is 5.96. The van der Waals surface area contributed by atoms with E-state index in [-0.39, 0.29) is 5.60 Å². The maximum absolute atomic E-state index is 10.6. The zero-order valence-corrected chi connectivity index (χ0v) is 12.7. The molecule has 0 spiro atoms. The lowest BCUT2D eigenvalue weighted by Gasteiger charge is -2.39. The Kier molecular flexibility index (Phi) is 5.36. The van der Waals surface area contributed by atoms with Crippen LogP contribution in [0.3, 0.4) is 0 Å². The third kappa shape index (κ3) is 3.49. The van der Waals surface area contributed by atoms with Crippen LogP contribution in [-0.4, -0.2) is 19.0 Å². The molecule has 0 atom stereocenters. The monoisotopic (exact) mass is 274 g/mol. The number of aryl methyl sites for hydroxylation is 1. The molecule has 0 amide bonds. The van der Waals surface area contributed by atoms with Crippen LogP contribution in [0.1, 0.15) is 62.5 Å². The van der Waals surface area contributed by atoms with Gasteiger partial charge in [-0.25, -0.2) is 0 Å². The molecule has 1 aliphatic carbocycles. The van der Waals surface area contributed by atoms with Crippen molar-refractivity contribution in [2.24, 2.45) is 0 Å². The molecule has 2 rings (SSSR count). The molecule has 1 aliphatic rings. The average Bonchev–Trinajstić information content (AvgIpc) is 2.53. The summed E-state index contributed by atoms with van der Waals surface area (Å²) in [5.74, 6) is 0.653. The first-order valence-corrected chi connectivity index (χ1v) is 7.80. The van der Waals surface area contributed by atoms with Gasteiger partial charge >= 0.3 is 0 Å². The van der Waals surface area contributed by atoms with Crippen LogP contribution in [0, 0.1) is 0 Å². The molecule has 0 saturated heterocycles. The Hall–Kier alpha value is -1.15. The van der Waals surface area contributed by atoms with Gasteiger partial charge in [0.1, 0.15) is 6.29 Å². The molecule has 1 aromatic rings. The van der Waals surface area contributed by atoms with Crippen LogP contribution in [0.15, 0.2) is 24.3 Å². The number of aldehydes is 1. The highest BCUT2D eigenvalue weighted by atomic mass is 16.5. The van der Waals surface area contributed by atoms with Crippen molar-refractivity contribution in [3.8, 4) is 0 Å². The van der Waals surface area contributed by atoms with E-state index in [9.17, 15) is 4.79 Å². The SMILES string of the molecule is CCc1ccc([C@H]2CC[C@@](CCC=O)(OC)CC2)cc1. The van der Waals surface area contributed by atoms with Gasteiger partial charge < -0.3 is 9.53 Å². The fourth-order valence-corrected chi connectivity index (χ4v) is 3.38.